The van der Waals surface area contributed by atoms with Crippen LogP contribution in [0.5, 0.6) is 5.75 Å². The zero-order chi connectivity index (χ0) is 14.5. The lowest BCUT2D eigenvalue weighted by molar-refractivity contribution is 0.102. The highest BCUT2D eigenvalue weighted by Gasteiger charge is 2.11. The van der Waals surface area contributed by atoms with Gasteiger partial charge < -0.3 is 20.7 Å². The third-order valence-corrected chi connectivity index (χ3v) is 2.80. The molecule has 4 N–H and O–H groups in total. The number of halogens is 1. The van der Waals surface area contributed by atoms with Gasteiger partial charge in [0.15, 0.2) is 5.82 Å². The number of nitrogens with two attached hydrogens (primary N) is 1. The summed E-state index contributed by atoms with van der Waals surface area (Å²) in [6.07, 6.45) is 0. The molecule has 0 unspecified atom stereocenters. The lowest BCUT2D eigenvalue weighted by Gasteiger charge is -2.09. The van der Waals surface area contributed by atoms with Gasteiger partial charge in [-0.25, -0.2) is 4.98 Å². The molecular weight excluding hydrogens is 280 g/mol. The largest absolute Gasteiger partial charge is 0.536 e. The highest BCUT2D eigenvalue weighted by molar-refractivity contribution is 6.34. The molecule has 1 heterocycles. The number of hydrogen-bond donors (Lipinski definition) is 3. The maximum absolute atomic E-state index is 12.0. The molecule has 0 spiro atoms. The Labute approximate surface area is 120 Å². The van der Waals surface area contributed by atoms with Crippen molar-refractivity contribution in [3.63, 3.8) is 0 Å². The second-order valence-corrected chi connectivity index (χ2v) is 4.19. The standard InChI is InChI=1S/C12H11BClN3O3/c14-8-4-2-1-3-7(8)12(18)17-10-6-5-9(20-13-19)11(15)16-10/h1-6,13,19H,(H3,15,16,17,18). The van der Waals surface area contributed by atoms with E-state index in [1.165, 1.54) is 12.1 Å². The number of nitrogens with zero attached hydrogens (tertiary/aromatic N) is 1. The first-order valence-corrected chi connectivity index (χ1v) is 6.05. The van der Waals surface area contributed by atoms with Crippen molar-refractivity contribution in [3.05, 3.63) is 47.0 Å². The number of nitrogen functional groups attached to an aromatic ring is 1. The summed E-state index contributed by atoms with van der Waals surface area (Å²) in [5.74, 6) is 0.176. The molecule has 2 aromatic rings. The fourth-order valence-corrected chi connectivity index (χ4v) is 1.77. The molecule has 0 aliphatic carbocycles. The van der Waals surface area contributed by atoms with Crippen molar-refractivity contribution < 1.29 is 14.5 Å². The predicted octanol–water partition coefficient (Wildman–Crippen LogP) is 1.21. The Hall–Kier alpha value is -2.25. The molecule has 102 valence electrons. The van der Waals surface area contributed by atoms with Crippen LogP contribution in [0.4, 0.5) is 11.6 Å². The van der Waals surface area contributed by atoms with E-state index in [2.05, 4.69) is 10.3 Å². The number of hydrogen-bond acceptors (Lipinski definition) is 5. The predicted molar refractivity (Wildman–Crippen MR) is 78.1 cm³/mol. The lowest BCUT2D eigenvalue weighted by atomic mass is 10.2. The van der Waals surface area contributed by atoms with Crippen molar-refractivity contribution in [2.75, 3.05) is 11.1 Å². The molecular formula is C12H11BClN3O3. The van der Waals surface area contributed by atoms with Crippen LogP contribution in [0.3, 0.4) is 0 Å². The van der Waals surface area contributed by atoms with E-state index in [1.807, 2.05) is 0 Å². The first-order valence-electron chi connectivity index (χ1n) is 5.68. The van der Waals surface area contributed by atoms with Crippen molar-refractivity contribution >= 4 is 36.8 Å². The summed E-state index contributed by atoms with van der Waals surface area (Å²) >= 11 is 5.93. The van der Waals surface area contributed by atoms with E-state index in [-0.39, 0.29) is 17.4 Å². The second kappa shape index (κ2) is 6.27. The first-order chi connectivity index (χ1) is 9.61. The van der Waals surface area contributed by atoms with Crippen LogP contribution in [-0.4, -0.2) is 23.6 Å². The molecule has 0 aliphatic heterocycles. The summed E-state index contributed by atoms with van der Waals surface area (Å²) in [5.41, 5.74) is 5.97. The summed E-state index contributed by atoms with van der Waals surface area (Å²) in [6.45, 7) is 0. The minimum absolute atomic E-state index is 0.0657. The number of pyridine rings is 1. The molecule has 1 amide bonds. The number of aromatic nitrogens is 1. The van der Waals surface area contributed by atoms with Crippen LogP contribution >= 0.6 is 11.6 Å². The number of carbonyl (C=O) groups excluding carboxylic acids is 1. The first kappa shape index (κ1) is 14.2. The molecule has 2 rings (SSSR count). The molecule has 6 nitrogen and oxygen atoms in total. The van der Waals surface area contributed by atoms with Crippen LogP contribution < -0.4 is 15.7 Å². The van der Waals surface area contributed by atoms with Crippen LogP contribution in [0.15, 0.2) is 36.4 Å². The summed E-state index contributed by atoms with van der Waals surface area (Å²) in [7, 11) is -0.503. The minimum atomic E-state index is -0.503. The van der Waals surface area contributed by atoms with Gasteiger partial charge in [0.25, 0.3) is 5.91 Å². The van der Waals surface area contributed by atoms with Crippen molar-refractivity contribution in [1.82, 2.24) is 4.98 Å². The molecule has 0 aliphatic rings. The van der Waals surface area contributed by atoms with Crippen LogP contribution in [-0.2, 0) is 0 Å². The van der Waals surface area contributed by atoms with E-state index >= 15 is 0 Å². The lowest BCUT2D eigenvalue weighted by Crippen LogP contribution is -2.14. The molecule has 0 saturated heterocycles. The van der Waals surface area contributed by atoms with Gasteiger partial charge in [0.05, 0.1) is 10.6 Å². The molecule has 20 heavy (non-hydrogen) atoms. The quantitative estimate of drug-likeness (QED) is 0.736. The Morgan fingerprint density at radius 3 is 2.75 bits per heavy atom. The maximum atomic E-state index is 12.0. The van der Waals surface area contributed by atoms with E-state index in [1.54, 1.807) is 24.3 Å². The summed E-state index contributed by atoms with van der Waals surface area (Å²) < 4.78 is 4.83. The smallest absolute Gasteiger partial charge is 0.504 e. The van der Waals surface area contributed by atoms with E-state index in [4.69, 9.17) is 27.0 Å². The van der Waals surface area contributed by atoms with Crippen molar-refractivity contribution in [2.24, 2.45) is 0 Å². The van der Waals surface area contributed by atoms with E-state index in [0.29, 0.717) is 10.6 Å². The highest BCUT2D eigenvalue weighted by atomic mass is 35.5. The zero-order valence-electron chi connectivity index (χ0n) is 10.3. The van der Waals surface area contributed by atoms with E-state index in [0.717, 1.165) is 0 Å². The summed E-state index contributed by atoms with van der Waals surface area (Å²) in [5, 5.41) is 11.6. The Morgan fingerprint density at radius 1 is 1.35 bits per heavy atom. The monoisotopic (exact) mass is 291 g/mol. The van der Waals surface area contributed by atoms with Gasteiger partial charge in [-0.15, -0.1) is 0 Å². The summed E-state index contributed by atoms with van der Waals surface area (Å²) in [4.78, 5) is 16.0. The number of amides is 1. The Morgan fingerprint density at radius 2 is 2.10 bits per heavy atom. The van der Waals surface area contributed by atoms with Gasteiger partial charge in [-0.3, -0.25) is 4.79 Å². The number of benzene rings is 1. The molecule has 8 heteroatoms. The average molecular weight is 292 g/mol. The molecule has 0 radical (unpaired) electrons. The van der Waals surface area contributed by atoms with Crippen LogP contribution in [0.1, 0.15) is 10.4 Å². The molecule has 0 bridgehead atoms. The van der Waals surface area contributed by atoms with Gasteiger partial charge in [-0.2, -0.15) is 0 Å². The molecule has 0 saturated carbocycles. The van der Waals surface area contributed by atoms with Gasteiger partial charge in [-0.05, 0) is 24.3 Å². The molecule has 0 atom stereocenters. The maximum Gasteiger partial charge on any atom is 0.504 e. The van der Waals surface area contributed by atoms with Crippen LogP contribution in [0.25, 0.3) is 0 Å². The van der Waals surface area contributed by atoms with Gasteiger partial charge in [0.2, 0.25) is 0 Å². The molecule has 1 aromatic carbocycles. The fourth-order valence-electron chi connectivity index (χ4n) is 1.55. The van der Waals surface area contributed by atoms with Gasteiger partial charge in [0.1, 0.15) is 11.6 Å². The second-order valence-electron chi connectivity index (χ2n) is 3.79. The summed E-state index contributed by atoms with van der Waals surface area (Å²) in [6, 6.07) is 9.68. The van der Waals surface area contributed by atoms with E-state index < -0.39 is 13.6 Å². The highest BCUT2D eigenvalue weighted by Crippen LogP contribution is 2.22. The third-order valence-electron chi connectivity index (χ3n) is 2.47. The van der Waals surface area contributed by atoms with E-state index in [9.17, 15) is 4.79 Å². The van der Waals surface area contributed by atoms with Crippen molar-refractivity contribution in [2.45, 2.75) is 0 Å². The fraction of sp³-hybridized carbons (Fsp3) is 0. The van der Waals surface area contributed by atoms with Crippen LogP contribution in [0, 0.1) is 0 Å². The van der Waals surface area contributed by atoms with Gasteiger partial charge in [0, 0.05) is 0 Å². The van der Waals surface area contributed by atoms with Gasteiger partial charge >= 0.3 is 7.69 Å². The minimum Gasteiger partial charge on any atom is -0.536 e. The Balaban J connectivity index is 2.16. The number of rotatable bonds is 4. The third kappa shape index (κ3) is 3.20. The van der Waals surface area contributed by atoms with Crippen molar-refractivity contribution in [1.29, 1.82) is 0 Å². The van der Waals surface area contributed by atoms with Gasteiger partial charge in [-0.1, -0.05) is 23.7 Å². The number of anilines is 2. The zero-order valence-corrected chi connectivity index (χ0v) is 11.1. The van der Waals surface area contributed by atoms with Crippen molar-refractivity contribution in [3.8, 4) is 5.75 Å². The Kier molecular flexibility index (Phi) is 4.44. The van der Waals surface area contributed by atoms with Crippen LogP contribution in [0.2, 0.25) is 5.02 Å². The molecule has 1 aromatic heterocycles. The number of carbonyl (C=O) groups is 1. The average Bonchev–Trinajstić information content (AvgIpc) is 2.42. The number of nitrogens with one attached hydrogen (secondary N) is 1. The Bertz CT molecular complexity index is 639. The SMILES string of the molecule is Nc1nc(NC(=O)c2ccccc2Cl)ccc1OBO. The normalized spacial score (nSPS) is 9.90. The molecule has 0 fully saturated rings. The topological polar surface area (TPSA) is 97.5 Å².